The van der Waals surface area contributed by atoms with Crippen LogP contribution in [0.3, 0.4) is 0 Å². The van der Waals surface area contributed by atoms with E-state index in [2.05, 4.69) is 22.0 Å². The van der Waals surface area contributed by atoms with Gasteiger partial charge >= 0.3 is 5.97 Å². The summed E-state index contributed by atoms with van der Waals surface area (Å²) in [7, 11) is 0. The number of anilines is 2. The molecule has 0 unspecified atom stereocenters. The monoisotopic (exact) mass is 560 g/mol. The van der Waals surface area contributed by atoms with Crippen LogP contribution in [0.25, 0.3) is 0 Å². The fraction of sp³-hybridized carbons (Fsp3) is 0.172. The average molecular weight is 561 g/mol. The molecule has 0 saturated carbocycles. The molecule has 0 fully saturated rings. The predicted molar refractivity (Wildman–Crippen MR) is 148 cm³/mol. The van der Waals surface area contributed by atoms with Gasteiger partial charge in [0, 0.05) is 11.4 Å². The van der Waals surface area contributed by atoms with Crippen molar-refractivity contribution in [2.24, 2.45) is 0 Å². The van der Waals surface area contributed by atoms with Crippen LogP contribution in [0.4, 0.5) is 15.8 Å². The van der Waals surface area contributed by atoms with Crippen LogP contribution in [0.15, 0.2) is 93.2 Å². The van der Waals surface area contributed by atoms with Crippen molar-refractivity contribution in [3.63, 3.8) is 0 Å². The van der Waals surface area contributed by atoms with Gasteiger partial charge in [-0.1, -0.05) is 23.9 Å². The third-order valence-electron chi connectivity index (χ3n) is 5.87. The number of nitrogens with one attached hydrogen (secondary N) is 3. The fourth-order valence-electron chi connectivity index (χ4n) is 4.06. The number of benzene rings is 2. The summed E-state index contributed by atoms with van der Waals surface area (Å²) in [6.07, 6.45) is 1.43. The minimum Gasteiger partial charge on any atom is -0.468 e. The van der Waals surface area contributed by atoms with E-state index in [1.807, 2.05) is 0 Å². The van der Waals surface area contributed by atoms with Gasteiger partial charge in [-0.2, -0.15) is 5.26 Å². The van der Waals surface area contributed by atoms with Gasteiger partial charge < -0.3 is 25.1 Å². The van der Waals surface area contributed by atoms with E-state index < -0.39 is 23.6 Å². The van der Waals surface area contributed by atoms with Crippen molar-refractivity contribution in [1.29, 1.82) is 5.26 Å². The molecule has 204 valence electrons. The van der Waals surface area contributed by atoms with Crippen LogP contribution in [0.5, 0.6) is 0 Å². The first-order valence-corrected chi connectivity index (χ1v) is 13.2. The Kier molecular flexibility index (Phi) is 9.04. The molecule has 0 aliphatic carbocycles. The summed E-state index contributed by atoms with van der Waals surface area (Å²) in [6, 6.07) is 17.5. The van der Waals surface area contributed by atoms with Crippen LogP contribution < -0.4 is 16.0 Å². The average Bonchev–Trinajstić information content (AvgIpc) is 3.48. The van der Waals surface area contributed by atoms with Crippen LogP contribution in [0.1, 0.15) is 35.9 Å². The zero-order chi connectivity index (χ0) is 28.6. The molecule has 2 aromatic carbocycles. The van der Waals surface area contributed by atoms with Crippen molar-refractivity contribution >= 4 is 40.9 Å². The summed E-state index contributed by atoms with van der Waals surface area (Å²) in [5.74, 6) is -2.58. The van der Waals surface area contributed by atoms with Gasteiger partial charge in [0.25, 0.3) is 5.91 Å². The predicted octanol–water partition coefficient (Wildman–Crippen LogP) is 5.30. The number of allylic oxidation sites excluding steroid dienone is 2. The summed E-state index contributed by atoms with van der Waals surface area (Å²) in [4.78, 5) is 37.8. The van der Waals surface area contributed by atoms with E-state index in [-0.39, 0.29) is 35.1 Å². The highest BCUT2D eigenvalue weighted by Crippen LogP contribution is 2.41. The Morgan fingerprint density at radius 3 is 2.50 bits per heavy atom. The standard InChI is InChI=1S/C29H25FN4O5S/c1-3-38-29(37)18-10-12-19(13-11-18)33-24(35)16-40-28-20(15-31)26(23-9-6-14-39-23)25(17(2)32-28)27(36)34-22-8-5-4-7-21(22)30/h4-14,26,32H,3,16H2,1-2H3,(H,33,35)(H,34,36)/t26-/m0/s1. The van der Waals surface area contributed by atoms with Crippen LogP contribution in [0, 0.1) is 17.1 Å². The second kappa shape index (κ2) is 12.8. The molecular weight excluding hydrogens is 535 g/mol. The Morgan fingerprint density at radius 1 is 1.10 bits per heavy atom. The third kappa shape index (κ3) is 6.42. The van der Waals surface area contributed by atoms with Gasteiger partial charge in [0.05, 0.1) is 58.0 Å². The number of dihydropyridines is 1. The van der Waals surface area contributed by atoms with E-state index in [1.165, 1.54) is 24.5 Å². The van der Waals surface area contributed by atoms with Crippen LogP contribution >= 0.6 is 11.8 Å². The number of thioether (sulfide) groups is 1. The number of hydrogen-bond donors (Lipinski definition) is 3. The molecule has 2 amide bonds. The van der Waals surface area contributed by atoms with Crippen LogP contribution in [-0.2, 0) is 14.3 Å². The van der Waals surface area contributed by atoms with Gasteiger partial charge in [-0.3, -0.25) is 9.59 Å². The lowest BCUT2D eigenvalue weighted by Gasteiger charge is -2.28. The normalized spacial score (nSPS) is 14.7. The molecule has 0 spiro atoms. The van der Waals surface area contributed by atoms with E-state index in [4.69, 9.17) is 9.15 Å². The molecule has 40 heavy (non-hydrogen) atoms. The number of amides is 2. The number of rotatable bonds is 9. The molecule has 11 heteroatoms. The summed E-state index contributed by atoms with van der Waals surface area (Å²) < 4.78 is 24.8. The SMILES string of the molecule is CCOC(=O)c1ccc(NC(=O)CSC2=C(C#N)[C@@H](c3ccco3)C(C(=O)Nc3ccccc3F)=C(C)N2)cc1. The lowest BCUT2D eigenvalue weighted by molar-refractivity contribution is -0.114. The highest BCUT2D eigenvalue weighted by molar-refractivity contribution is 8.03. The minimum absolute atomic E-state index is 0.000568. The second-order valence-corrected chi connectivity index (χ2v) is 9.52. The number of hydrogen-bond acceptors (Lipinski definition) is 8. The van der Waals surface area contributed by atoms with Crippen LogP contribution in [0.2, 0.25) is 0 Å². The Hall–Kier alpha value is -4.82. The topological polar surface area (TPSA) is 133 Å². The zero-order valence-corrected chi connectivity index (χ0v) is 22.4. The fourth-order valence-corrected chi connectivity index (χ4v) is 4.95. The van der Waals surface area contributed by atoms with E-state index in [0.29, 0.717) is 27.7 Å². The highest BCUT2D eigenvalue weighted by atomic mass is 32.2. The number of ether oxygens (including phenoxy) is 1. The van der Waals surface area contributed by atoms with Crippen molar-refractivity contribution in [1.82, 2.24) is 5.32 Å². The van der Waals surface area contributed by atoms with Crippen molar-refractivity contribution in [2.45, 2.75) is 19.8 Å². The minimum atomic E-state index is -0.881. The Balaban J connectivity index is 1.51. The highest BCUT2D eigenvalue weighted by Gasteiger charge is 2.36. The molecule has 0 saturated heterocycles. The van der Waals surface area contributed by atoms with Crippen LogP contribution in [-0.4, -0.2) is 30.1 Å². The molecule has 1 atom stereocenters. The number of nitrogens with zero attached hydrogens (tertiary/aromatic N) is 1. The lowest BCUT2D eigenvalue weighted by atomic mass is 9.85. The maximum Gasteiger partial charge on any atom is 0.338 e. The van der Waals surface area contributed by atoms with Gasteiger partial charge in [-0.25, -0.2) is 9.18 Å². The number of carbonyl (C=O) groups is 3. The van der Waals surface area contributed by atoms with Crippen molar-refractivity contribution < 1.29 is 27.9 Å². The lowest BCUT2D eigenvalue weighted by Crippen LogP contribution is -2.31. The summed E-state index contributed by atoms with van der Waals surface area (Å²) >= 11 is 1.09. The maximum absolute atomic E-state index is 14.2. The molecule has 2 heterocycles. The molecule has 0 radical (unpaired) electrons. The first-order valence-electron chi connectivity index (χ1n) is 12.2. The number of para-hydroxylation sites is 1. The maximum atomic E-state index is 14.2. The molecule has 1 aliphatic heterocycles. The van der Waals surface area contributed by atoms with Gasteiger partial charge in [-0.05, 0) is 62.4 Å². The van der Waals surface area contributed by atoms with Gasteiger partial charge in [0.2, 0.25) is 5.91 Å². The van der Waals surface area contributed by atoms with E-state index >= 15 is 0 Å². The second-order valence-electron chi connectivity index (χ2n) is 8.54. The Morgan fingerprint density at radius 2 is 1.85 bits per heavy atom. The molecule has 4 rings (SSSR count). The number of nitriles is 1. The van der Waals surface area contributed by atoms with E-state index in [1.54, 1.807) is 56.3 Å². The zero-order valence-electron chi connectivity index (χ0n) is 21.6. The largest absolute Gasteiger partial charge is 0.468 e. The Bertz CT molecular complexity index is 1520. The first kappa shape index (κ1) is 28.2. The van der Waals surface area contributed by atoms with Crippen molar-refractivity contribution in [2.75, 3.05) is 23.0 Å². The molecule has 9 nitrogen and oxygen atoms in total. The molecular formula is C29H25FN4O5S. The molecule has 1 aliphatic rings. The van der Waals surface area contributed by atoms with E-state index in [0.717, 1.165) is 11.8 Å². The van der Waals surface area contributed by atoms with Crippen molar-refractivity contribution in [3.05, 3.63) is 106 Å². The third-order valence-corrected chi connectivity index (χ3v) is 6.89. The molecule has 1 aromatic heterocycles. The summed E-state index contributed by atoms with van der Waals surface area (Å²) in [6.45, 7) is 3.64. The smallest absolute Gasteiger partial charge is 0.338 e. The molecule has 0 bridgehead atoms. The Labute approximate surface area is 234 Å². The number of esters is 1. The van der Waals surface area contributed by atoms with Gasteiger partial charge in [-0.15, -0.1) is 0 Å². The van der Waals surface area contributed by atoms with Crippen molar-refractivity contribution in [3.8, 4) is 6.07 Å². The number of halogens is 1. The quantitative estimate of drug-likeness (QED) is 0.300. The molecule has 3 N–H and O–H groups in total. The van der Waals surface area contributed by atoms with E-state index in [9.17, 15) is 24.0 Å². The number of carbonyl (C=O) groups excluding carboxylic acids is 3. The number of furan rings is 1. The van der Waals surface area contributed by atoms with Gasteiger partial charge in [0.1, 0.15) is 11.6 Å². The summed E-state index contributed by atoms with van der Waals surface area (Å²) in [5, 5.41) is 18.9. The first-order chi connectivity index (χ1) is 19.3. The summed E-state index contributed by atoms with van der Waals surface area (Å²) in [5.41, 5.74) is 1.64. The molecule has 3 aromatic rings. The van der Waals surface area contributed by atoms with Gasteiger partial charge in [0.15, 0.2) is 0 Å².